The number of amides is 4. The Morgan fingerprint density at radius 1 is 1.10 bits per heavy atom. The van der Waals surface area contributed by atoms with E-state index in [0.717, 1.165) is 11.1 Å². The van der Waals surface area contributed by atoms with Crippen molar-refractivity contribution in [1.29, 1.82) is 0 Å². The van der Waals surface area contributed by atoms with Crippen molar-refractivity contribution in [3.05, 3.63) is 94.6 Å². The molecule has 1 saturated heterocycles. The molecule has 7 nitrogen and oxygen atoms in total. The van der Waals surface area contributed by atoms with Gasteiger partial charge in [-0.25, -0.2) is 4.90 Å². The first kappa shape index (κ1) is 30.0. The van der Waals surface area contributed by atoms with Crippen molar-refractivity contribution in [3.8, 4) is 0 Å². The summed E-state index contributed by atoms with van der Waals surface area (Å²) in [5.74, 6) is -2.15. The van der Waals surface area contributed by atoms with Crippen LogP contribution in [0.3, 0.4) is 0 Å². The van der Waals surface area contributed by atoms with Crippen LogP contribution in [-0.2, 0) is 23.9 Å². The first-order chi connectivity index (χ1) is 19.6. The van der Waals surface area contributed by atoms with Gasteiger partial charge in [-0.2, -0.15) is 0 Å². The largest absolute Gasteiger partial charge is 0.501 e. The van der Waals surface area contributed by atoms with Crippen molar-refractivity contribution in [3.63, 3.8) is 0 Å². The molecule has 4 atom stereocenters. The van der Waals surface area contributed by atoms with Crippen LogP contribution in [0.25, 0.3) is 0 Å². The summed E-state index contributed by atoms with van der Waals surface area (Å²) in [5, 5.41) is 0. The van der Waals surface area contributed by atoms with Gasteiger partial charge in [-0.1, -0.05) is 60.6 Å². The highest BCUT2D eigenvalue weighted by Gasteiger charge is 2.56. The number of ether oxygens (including phenoxy) is 1. The fourth-order valence-electron chi connectivity index (χ4n) is 6.46. The Morgan fingerprint density at radius 2 is 1.83 bits per heavy atom. The molecule has 41 heavy (non-hydrogen) atoms. The van der Waals surface area contributed by atoms with Gasteiger partial charge in [0.2, 0.25) is 17.7 Å². The van der Waals surface area contributed by atoms with E-state index in [0.29, 0.717) is 48.4 Å². The molecular formula is C34H40N2O5. The summed E-state index contributed by atoms with van der Waals surface area (Å²) in [7, 11) is 1.52. The molecule has 4 rings (SSSR count). The third-order valence-electron chi connectivity index (χ3n) is 8.37. The number of likely N-dealkylation sites (tertiary alicyclic amines) is 1. The van der Waals surface area contributed by atoms with Crippen LogP contribution >= 0.6 is 0 Å². The normalized spacial score (nSPS) is 26.8. The predicted molar refractivity (Wildman–Crippen MR) is 158 cm³/mol. The lowest BCUT2D eigenvalue weighted by Crippen LogP contribution is -2.36. The van der Waals surface area contributed by atoms with Gasteiger partial charge in [0.25, 0.3) is 5.91 Å². The summed E-state index contributed by atoms with van der Waals surface area (Å²) < 4.78 is 5.82. The van der Waals surface area contributed by atoms with Gasteiger partial charge in [-0.05, 0) is 70.1 Å². The average Bonchev–Trinajstić information content (AvgIpc) is 3.09. The fourth-order valence-corrected chi connectivity index (χ4v) is 6.46. The zero-order valence-corrected chi connectivity index (χ0v) is 24.8. The maximum Gasteiger partial charge on any atom is 0.264 e. The molecule has 3 aliphatic carbocycles. The second-order valence-electron chi connectivity index (χ2n) is 11.1. The molecule has 0 radical (unpaired) electrons. The molecule has 0 aromatic heterocycles. The lowest BCUT2D eigenvalue weighted by molar-refractivity contribution is -0.139. The highest BCUT2D eigenvalue weighted by molar-refractivity contribution is 6.08. The molecular weight excluding hydrogens is 516 g/mol. The zero-order valence-electron chi connectivity index (χ0n) is 24.8. The van der Waals surface area contributed by atoms with Gasteiger partial charge < -0.3 is 4.74 Å². The minimum absolute atomic E-state index is 0.120. The van der Waals surface area contributed by atoms with Gasteiger partial charge in [-0.15, -0.1) is 0 Å². The highest BCUT2D eigenvalue weighted by atomic mass is 16.5. The van der Waals surface area contributed by atoms with E-state index in [1.54, 1.807) is 24.3 Å². The van der Waals surface area contributed by atoms with Crippen LogP contribution in [0.15, 0.2) is 94.6 Å². The Kier molecular flexibility index (Phi) is 9.26. The molecule has 0 aromatic rings. The molecule has 7 heteroatoms. The van der Waals surface area contributed by atoms with Gasteiger partial charge >= 0.3 is 0 Å². The van der Waals surface area contributed by atoms with Gasteiger partial charge in [0, 0.05) is 19.0 Å². The summed E-state index contributed by atoms with van der Waals surface area (Å²) in [5.41, 5.74) is 3.71. The third-order valence-corrected chi connectivity index (χ3v) is 8.37. The molecule has 0 bridgehead atoms. The summed E-state index contributed by atoms with van der Waals surface area (Å²) in [6, 6.07) is 0. The van der Waals surface area contributed by atoms with Crippen molar-refractivity contribution < 1.29 is 23.9 Å². The lowest BCUT2D eigenvalue weighted by atomic mass is 9.67. The quantitative estimate of drug-likeness (QED) is 0.225. The fraction of sp³-hybridized carbons (Fsp3) is 0.412. The third kappa shape index (κ3) is 5.76. The molecule has 4 aliphatic rings. The molecule has 1 heterocycles. The number of hydrogen-bond donors (Lipinski definition) is 0. The maximum absolute atomic E-state index is 14.0. The van der Waals surface area contributed by atoms with Gasteiger partial charge in [0.05, 0.1) is 30.2 Å². The number of rotatable bonds is 6. The zero-order chi connectivity index (χ0) is 29.8. The van der Waals surface area contributed by atoms with E-state index in [1.807, 2.05) is 58.1 Å². The summed E-state index contributed by atoms with van der Waals surface area (Å²) in [4.78, 5) is 57.0. The number of carbonyl (C=O) groups is 4. The van der Waals surface area contributed by atoms with E-state index >= 15 is 0 Å². The molecule has 0 N–H and O–H groups in total. The Bertz CT molecular complexity index is 1380. The Morgan fingerprint density at radius 3 is 2.49 bits per heavy atom. The van der Waals surface area contributed by atoms with E-state index in [-0.39, 0.29) is 23.7 Å². The van der Waals surface area contributed by atoms with Gasteiger partial charge in [0.1, 0.15) is 5.76 Å². The maximum atomic E-state index is 14.0. The smallest absolute Gasteiger partial charge is 0.264 e. The van der Waals surface area contributed by atoms with E-state index in [4.69, 9.17) is 4.74 Å². The standard InChI is InChI=1S/C34H40N2O5/c1-7-9-13-25(11-8-2)35(23(5)37)32(38)27-18-16-24-19-22(4)30-31(28(24)20-29(27)41-6)34(40)36(33(30)39)26-14-10-12-21(3)15-17-26/h7-14,17,19,22,28,30-31H,15-16,18,20H2,1-6H3/b9-7-,11-8-,25-13+. The molecule has 4 amide bonds. The van der Waals surface area contributed by atoms with Crippen LogP contribution in [0.1, 0.15) is 60.3 Å². The highest BCUT2D eigenvalue weighted by Crippen LogP contribution is 2.50. The Hall–Kier alpha value is -4.00. The minimum atomic E-state index is -0.541. The predicted octanol–water partition coefficient (Wildman–Crippen LogP) is 6.07. The van der Waals surface area contributed by atoms with E-state index in [1.165, 1.54) is 23.8 Å². The number of fused-ring (bicyclic) bond motifs is 3. The van der Waals surface area contributed by atoms with Crippen LogP contribution in [0.5, 0.6) is 0 Å². The van der Waals surface area contributed by atoms with Crippen LogP contribution in [-0.4, -0.2) is 40.5 Å². The summed E-state index contributed by atoms with van der Waals surface area (Å²) >= 11 is 0. The van der Waals surface area contributed by atoms with E-state index < -0.39 is 23.7 Å². The first-order valence-corrected chi connectivity index (χ1v) is 14.3. The van der Waals surface area contributed by atoms with Crippen LogP contribution < -0.4 is 0 Å². The second kappa shape index (κ2) is 12.7. The van der Waals surface area contributed by atoms with Crippen LogP contribution in [0, 0.1) is 23.7 Å². The van der Waals surface area contributed by atoms with Crippen molar-refractivity contribution in [2.24, 2.45) is 23.7 Å². The van der Waals surface area contributed by atoms with Crippen molar-refractivity contribution >= 4 is 23.6 Å². The van der Waals surface area contributed by atoms with Crippen molar-refractivity contribution in [2.75, 3.05) is 7.11 Å². The van der Waals surface area contributed by atoms with Crippen LogP contribution in [0.4, 0.5) is 0 Å². The molecule has 0 spiro atoms. The van der Waals surface area contributed by atoms with E-state index in [9.17, 15) is 19.2 Å². The van der Waals surface area contributed by atoms with Crippen molar-refractivity contribution in [2.45, 2.75) is 60.3 Å². The Labute approximate surface area is 243 Å². The first-order valence-electron chi connectivity index (χ1n) is 14.3. The monoisotopic (exact) mass is 556 g/mol. The lowest BCUT2D eigenvalue weighted by Gasteiger charge is -2.34. The SMILES string of the molecule is C\C=C/C=C(\C=C/C)N(C(C)=O)C(=O)C1=C(OC)CC2C(=CC(C)C3C(=O)N(C4=CCC(C)=CC=C4)C(=O)C23)CC1. The molecule has 0 aromatic carbocycles. The van der Waals surface area contributed by atoms with E-state index in [2.05, 4.69) is 6.08 Å². The number of nitrogens with zero attached hydrogens (tertiary/aromatic N) is 2. The number of hydrogen-bond acceptors (Lipinski definition) is 5. The number of carbonyl (C=O) groups excluding carboxylic acids is 4. The topological polar surface area (TPSA) is 84.0 Å². The van der Waals surface area contributed by atoms with Gasteiger partial charge in [0.15, 0.2) is 0 Å². The second-order valence-corrected chi connectivity index (χ2v) is 11.1. The van der Waals surface area contributed by atoms with Gasteiger partial charge in [-0.3, -0.25) is 24.1 Å². The minimum Gasteiger partial charge on any atom is -0.501 e. The number of imide groups is 2. The molecule has 4 unspecified atom stereocenters. The van der Waals surface area contributed by atoms with Crippen molar-refractivity contribution in [1.82, 2.24) is 9.80 Å². The van der Waals surface area contributed by atoms with Crippen LogP contribution in [0.2, 0.25) is 0 Å². The average molecular weight is 557 g/mol. The number of methoxy groups -OCH3 is 1. The molecule has 216 valence electrons. The molecule has 0 saturated carbocycles. The number of allylic oxidation sites excluding steroid dienone is 13. The molecule has 1 aliphatic heterocycles. The summed E-state index contributed by atoms with van der Waals surface area (Å²) in [6.07, 6.45) is 20.5. The molecule has 1 fully saturated rings. The Balaban J connectivity index is 1.72. The summed E-state index contributed by atoms with van der Waals surface area (Å²) in [6.45, 7) is 9.07.